The third-order valence-corrected chi connectivity index (χ3v) is 4.77. The van der Waals surface area contributed by atoms with E-state index in [2.05, 4.69) is 34.5 Å². The zero-order valence-corrected chi connectivity index (χ0v) is 14.3. The van der Waals surface area contributed by atoms with Crippen molar-refractivity contribution in [2.24, 2.45) is 0 Å². The van der Waals surface area contributed by atoms with Crippen LogP contribution < -0.4 is 14.8 Å². The average molecular weight is 328 g/mol. The van der Waals surface area contributed by atoms with Crippen LogP contribution in [0.4, 0.5) is 0 Å². The zero-order valence-electron chi connectivity index (χ0n) is 14.3. The predicted molar refractivity (Wildman–Crippen MR) is 90.4 cm³/mol. The summed E-state index contributed by atoms with van der Waals surface area (Å²) in [5.41, 5.74) is 2.41. The van der Waals surface area contributed by atoms with E-state index in [9.17, 15) is 0 Å². The Bertz CT molecular complexity index is 728. The SMILES string of the molecule is CCOc1cc2c(cc1CNC1CCc3ncnn3C1)OC(C)C2. The molecule has 0 saturated heterocycles. The Kier molecular flexibility index (Phi) is 4.14. The molecule has 3 heterocycles. The van der Waals surface area contributed by atoms with E-state index in [1.807, 2.05) is 11.6 Å². The Morgan fingerprint density at radius 1 is 1.42 bits per heavy atom. The summed E-state index contributed by atoms with van der Waals surface area (Å²) in [6.45, 7) is 6.45. The quantitative estimate of drug-likeness (QED) is 0.911. The van der Waals surface area contributed by atoms with E-state index in [-0.39, 0.29) is 6.10 Å². The van der Waals surface area contributed by atoms with Crippen molar-refractivity contribution >= 4 is 0 Å². The molecule has 0 saturated carbocycles. The molecule has 0 amide bonds. The van der Waals surface area contributed by atoms with Crippen molar-refractivity contribution in [1.29, 1.82) is 0 Å². The number of aromatic nitrogens is 3. The summed E-state index contributed by atoms with van der Waals surface area (Å²) >= 11 is 0. The lowest BCUT2D eigenvalue weighted by Gasteiger charge is -2.24. The Hall–Kier alpha value is -2.08. The highest BCUT2D eigenvalue weighted by molar-refractivity contribution is 5.48. The topological polar surface area (TPSA) is 61.2 Å². The molecule has 2 aromatic rings. The number of fused-ring (bicyclic) bond motifs is 2. The van der Waals surface area contributed by atoms with Gasteiger partial charge in [0, 0.05) is 36.6 Å². The van der Waals surface area contributed by atoms with Crippen LogP contribution in [0.1, 0.15) is 37.2 Å². The monoisotopic (exact) mass is 328 g/mol. The van der Waals surface area contributed by atoms with E-state index in [0.717, 1.165) is 55.2 Å². The summed E-state index contributed by atoms with van der Waals surface area (Å²) in [6, 6.07) is 4.69. The highest BCUT2D eigenvalue weighted by Crippen LogP contribution is 2.35. The van der Waals surface area contributed by atoms with E-state index in [1.54, 1.807) is 6.33 Å². The van der Waals surface area contributed by atoms with Crippen LogP contribution in [0.15, 0.2) is 18.5 Å². The fourth-order valence-corrected chi connectivity index (χ4v) is 3.57. The molecule has 0 radical (unpaired) electrons. The summed E-state index contributed by atoms with van der Waals surface area (Å²) in [6.07, 6.45) is 4.91. The number of aryl methyl sites for hydroxylation is 1. The van der Waals surface area contributed by atoms with Crippen molar-refractivity contribution in [2.75, 3.05) is 6.61 Å². The van der Waals surface area contributed by atoms with Gasteiger partial charge in [-0.05, 0) is 32.4 Å². The number of benzene rings is 1. The second kappa shape index (κ2) is 6.43. The Morgan fingerprint density at radius 2 is 2.33 bits per heavy atom. The average Bonchev–Trinajstić information content (AvgIpc) is 3.17. The van der Waals surface area contributed by atoms with Crippen molar-refractivity contribution in [3.05, 3.63) is 35.4 Å². The first-order valence-electron chi connectivity index (χ1n) is 8.78. The molecule has 2 aliphatic rings. The number of hydrogen-bond donors (Lipinski definition) is 1. The van der Waals surface area contributed by atoms with Crippen LogP contribution in [0.5, 0.6) is 11.5 Å². The number of ether oxygens (including phenoxy) is 2. The van der Waals surface area contributed by atoms with Gasteiger partial charge < -0.3 is 14.8 Å². The van der Waals surface area contributed by atoms with Gasteiger partial charge in [0.15, 0.2) is 0 Å². The Balaban J connectivity index is 1.47. The Labute approximate surface area is 142 Å². The predicted octanol–water partition coefficient (Wildman–Crippen LogP) is 2.10. The van der Waals surface area contributed by atoms with Gasteiger partial charge in [-0.1, -0.05) is 0 Å². The van der Waals surface area contributed by atoms with Crippen LogP contribution in [0.3, 0.4) is 0 Å². The van der Waals surface area contributed by atoms with Gasteiger partial charge in [-0.15, -0.1) is 0 Å². The molecule has 4 rings (SSSR count). The third-order valence-electron chi connectivity index (χ3n) is 4.77. The van der Waals surface area contributed by atoms with Crippen molar-refractivity contribution in [3.8, 4) is 11.5 Å². The molecule has 0 fully saturated rings. The van der Waals surface area contributed by atoms with Gasteiger partial charge in [0.1, 0.15) is 29.8 Å². The van der Waals surface area contributed by atoms with Gasteiger partial charge in [-0.2, -0.15) is 5.10 Å². The van der Waals surface area contributed by atoms with Crippen molar-refractivity contribution in [3.63, 3.8) is 0 Å². The molecule has 0 aliphatic carbocycles. The minimum absolute atomic E-state index is 0.252. The van der Waals surface area contributed by atoms with Gasteiger partial charge in [-0.3, -0.25) is 0 Å². The minimum atomic E-state index is 0.252. The molecule has 0 spiro atoms. The van der Waals surface area contributed by atoms with Gasteiger partial charge in [0.25, 0.3) is 0 Å². The molecule has 1 N–H and O–H groups in total. The molecule has 0 bridgehead atoms. The van der Waals surface area contributed by atoms with Gasteiger partial charge in [0.2, 0.25) is 0 Å². The van der Waals surface area contributed by atoms with Gasteiger partial charge in [0.05, 0.1) is 13.2 Å². The van der Waals surface area contributed by atoms with Gasteiger partial charge in [-0.25, -0.2) is 9.67 Å². The maximum atomic E-state index is 5.90. The van der Waals surface area contributed by atoms with Crippen molar-refractivity contribution in [1.82, 2.24) is 20.1 Å². The molecule has 1 aromatic carbocycles. The molecule has 128 valence electrons. The summed E-state index contributed by atoms with van der Waals surface area (Å²) < 4.78 is 13.8. The fraction of sp³-hybridized carbons (Fsp3) is 0.556. The van der Waals surface area contributed by atoms with Crippen LogP contribution in [-0.2, 0) is 25.9 Å². The summed E-state index contributed by atoms with van der Waals surface area (Å²) in [4.78, 5) is 4.28. The second-order valence-corrected chi connectivity index (χ2v) is 6.61. The molecule has 2 unspecified atom stereocenters. The number of hydrogen-bond acceptors (Lipinski definition) is 5. The minimum Gasteiger partial charge on any atom is -0.494 e. The Morgan fingerprint density at radius 3 is 3.21 bits per heavy atom. The van der Waals surface area contributed by atoms with Crippen LogP contribution in [0.2, 0.25) is 0 Å². The van der Waals surface area contributed by atoms with Crippen LogP contribution in [-0.4, -0.2) is 33.5 Å². The third kappa shape index (κ3) is 2.98. The normalized spacial score (nSPS) is 21.9. The highest BCUT2D eigenvalue weighted by Gasteiger charge is 2.23. The molecule has 2 aliphatic heterocycles. The van der Waals surface area contributed by atoms with E-state index in [0.29, 0.717) is 12.6 Å². The molecular weight excluding hydrogens is 304 g/mol. The van der Waals surface area contributed by atoms with E-state index < -0.39 is 0 Å². The maximum absolute atomic E-state index is 5.90. The summed E-state index contributed by atoms with van der Waals surface area (Å²) in [7, 11) is 0. The summed E-state index contributed by atoms with van der Waals surface area (Å²) in [5.74, 6) is 3.06. The maximum Gasteiger partial charge on any atom is 0.138 e. The molecule has 6 nitrogen and oxygen atoms in total. The van der Waals surface area contributed by atoms with E-state index in [1.165, 1.54) is 5.56 Å². The number of nitrogens with zero attached hydrogens (tertiary/aromatic N) is 3. The lowest BCUT2D eigenvalue weighted by atomic mass is 10.0. The standard InChI is InChI=1S/C18H24N4O2/c1-3-23-16-7-13-6-12(2)24-17(13)8-14(16)9-19-15-4-5-18-20-11-21-22(18)10-15/h7-8,11-12,15,19H,3-6,9-10H2,1-2H3. The lowest BCUT2D eigenvalue weighted by molar-refractivity contribution is 0.254. The molecule has 24 heavy (non-hydrogen) atoms. The first kappa shape index (κ1) is 15.4. The van der Waals surface area contributed by atoms with Crippen molar-refractivity contribution < 1.29 is 9.47 Å². The highest BCUT2D eigenvalue weighted by atomic mass is 16.5. The smallest absolute Gasteiger partial charge is 0.138 e. The van der Waals surface area contributed by atoms with Crippen LogP contribution in [0.25, 0.3) is 0 Å². The van der Waals surface area contributed by atoms with Gasteiger partial charge >= 0.3 is 0 Å². The summed E-state index contributed by atoms with van der Waals surface area (Å²) in [5, 5.41) is 7.93. The second-order valence-electron chi connectivity index (χ2n) is 6.61. The molecule has 2 atom stereocenters. The zero-order chi connectivity index (χ0) is 16.5. The molecule has 6 heteroatoms. The largest absolute Gasteiger partial charge is 0.494 e. The number of nitrogens with one attached hydrogen (secondary N) is 1. The van der Waals surface area contributed by atoms with E-state index >= 15 is 0 Å². The van der Waals surface area contributed by atoms with E-state index in [4.69, 9.17) is 9.47 Å². The molecule has 1 aromatic heterocycles. The lowest BCUT2D eigenvalue weighted by Crippen LogP contribution is -2.37. The fourth-order valence-electron chi connectivity index (χ4n) is 3.57. The first-order chi connectivity index (χ1) is 11.7. The first-order valence-corrected chi connectivity index (χ1v) is 8.78. The molecular formula is C18H24N4O2. The van der Waals surface area contributed by atoms with Crippen molar-refractivity contribution in [2.45, 2.75) is 58.3 Å². The number of rotatable bonds is 5. The van der Waals surface area contributed by atoms with Crippen LogP contribution in [0, 0.1) is 0 Å². The van der Waals surface area contributed by atoms with Crippen LogP contribution >= 0.6 is 0 Å².